The number of aromatic nitrogens is 1. The van der Waals surface area contributed by atoms with E-state index in [1.165, 1.54) is 29.2 Å². The van der Waals surface area contributed by atoms with Crippen molar-refractivity contribution >= 4 is 29.0 Å². The number of hydrogen-bond acceptors (Lipinski definition) is 6. The summed E-state index contributed by atoms with van der Waals surface area (Å²) in [6, 6.07) is 6.42. The number of benzene rings is 1. The van der Waals surface area contributed by atoms with E-state index < -0.39 is 18.0 Å². The number of hydrogen-bond donors (Lipinski definition) is 1. The number of rotatable bonds is 5. The SMILES string of the molecule is CC(=O)NCC1CN(c2ccc(-c3nc(CC#N)cs3)c(F)c2)C(=O)O1. The summed E-state index contributed by atoms with van der Waals surface area (Å²) in [6.45, 7) is 1.81. The van der Waals surface area contributed by atoms with E-state index in [9.17, 15) is 14.0 Å². The minimum atomic E-state index is -0.585. The molecule has 1 aliphatic heterocycles. The zero-order valence-corrected chi connectivity index (χ0v) is 14.7. The molecule has 1 aromatic heterocycles. The number of ether oxygens (including phenoxy) is 1. The van der Waals surface area contributed by atoms with E-state index in [2.05, 4.69) is 10.3 Å². The third-order valence-electron chi connectivity index (χ3n) is 3.76. The molecule has 0 saturated carbocycles. The average molecular weight is 374 g/mol. The average Bonchev–Trinajstić information content (AvgIpc) is 3.20. The molecule has 3 rings (SSSR count). The maximum Gasteiger partial charge on any atom is 0.414 e. The molecule has 2 amide bonds. The normalized spacial score (nSPS) is 16.3. The topological polar surface area (TPSA) is 95.3 Å². The molecular formula is C17H15FN4O3S. The molecule has 0 radical (unpaired) electrons. The second kappa shape index (κ2) is 7.49. The molecule has 0 aliphatic carbocycles. The number of cyclic esters (lactones) is 1. The van der Waals surface area contributed by atoms with Crippen molar-refractivity contribution < 1.29 is 18.7 Å². The Morgan fingerprint density at radius 2 is 2.38 bits per heavy atom. The van der Waals surface area contributed by atoms with Crippen LogP contribution in [0.1, 0.15) is 12.6 Å². The number of amides is 2. The van der Waals surface area contributed by atoms with Crippen molar-refractivity contribution in [2.75, 3.05) is 18.0 Å². The van der Waals surface area contributed by atoms with Crippen LogP contribution in [0.5, 0.6) is 0 Å². The van der Waals surface area contributed by atoms with Gasteiger partial charge in [-0.15, -0.1) is 11.3 Å². The summed E-state index contributed by atoms with van der Waals surface area (Å²) in [6.07, 6.45) is -0.898. The number of carbonyl (C=O) groups is 2. The molecule has 2 heterocycles. The molecular weight excluding hydrogens is 359 g/mol. The largest absolute Gasteiger partial charge is 0.442 e. The number of nitrogens with one attached hydrogen (secondary N) is 1. The molecule has 9 heteroatoms. The van der Waals surface area contributed by atoms with Crippen molar-refractivity contribution in [3.8, 4) is 16.6 Å². The van der Waals surface area contributed by atoms with Crippen LogP contribution in [-0.2, 0) is 16.0 Å². The van der Waals surface area contributed by atoms with Crippen LogP contribution in [-0.4, -0.2) is 36.2 Å². The van der Waals surface area contributed by atoms with Gasteiger partial charge in [-0.25, -0.2) is 14.2 Å². The van der Waals surface area contributed by atoms with E-state index in [1.54, 1.807) is 17.5 Å². The van der Waals surface area contributed by atoms with E-state index in [4.69, 9.17) is 10.00 Å². The maximum atomic E-state index is 14.5. The molecule has 0 bridgehead atoms. The molecule has 1 unspecified atom stereocenters. The first-order valence-electron chi connectivity index (χ1n) is 7.82. The number of nitrogens with zero attached hydrogens (tertiary/aromatic N) is 3. The van der Waals surface area contributed by atoms with Crippen LogP contribution in [0.25, 0.3) is 10.6 Å². The third kappa shape index (κ3) is 3.81. The number of anilines is 1. The molecule has 1 N–H and O–H groups in total. The highest BCUT2D eigenvalue weighted by atomic mass is 32.1. The van der Waals surface area contributed by atoms with Gasteiger partial charge in [-0.2, -0.15) is 5.26 Å². The number of nitriles is 1. The van der Waals surface area contributed by atoms with Gasteiger partial charge in [-0.1, -0.05) is 0 Å². The van der Waals surface area contributed by atoms with E-state index >= 15 is 0 Å². The summed E-state index contributed by atoms with van der Waals surface area (Å²) in [5.74, 6) is -0.729. The summed E-state index contributed by atoms with van der Waals surface area (Å²) >= 11 is 1.26. The molecule has 1 aromatic carbocycles. The predicted molar refractivity (Wildman–Crippen MR) is 93.1 cm³/mol. The van der Waals surface area contributed by atoms with Gasteiger partial charge in [0.15, 0.2) is 0 Å². The smallest absolute Gasteiger partial charge is 0.414 e. The van der Waals surface area contributed by atoms with Crippen LogP contribution in [0.3, 0.4) is 0 Å². The molecule has 1 aliphatic rings. The molecule has 7 nitrogen and oxygen atoms in total. The third-order valence-corrected chi connectivity index (χ3v) is 4.68. The summed E-state index contributed by atoms with van der Waals surface area (Å²) in [5, 5.41) is 13.5. The van der Waals surface area contributed by atoms with Crippen LogP contribution in [0.2, 0.25) is 0 Å². The Hall–Kier alpha value is -2.99. The predicted octanol–water partition coefficient (Wildman–Crippen LogP) is 2.48. The molecule has 1 atom stereocenters. The van der Waals surface area contributed by atoms with Crippen molar-refractivity contribution in [2.24, 2.45) is 0 Å². The van der Waals surface area contributed by atoms with Gasteiger partial charge in [0.2, 0.25) is 5.91 Å². The van der Waals surface area contributed by atoms with Crippen LogP contribution in [0.4, 0.5) is 14.9 Å². The minimum Gasteiger partial charge on any atom is -0.442 e. The van der Waals surface area contributed by atoms with Crippen molar-refractivity contribution in [3.63, 3.8) is 0 Å². The van der Waals surface area contributed by atoms with Crippen molar-refractivity contribution in [1.82, 2.24) is 10.3 Å². The van der Waals surface area contributed by atoms with Crippen molar-refractivity contribution in [2.45, 2.75) is 19.4 Å². The fourth-order valence-electron chi connectivity index (χ4n) is 2.53. The van der Waals surface area contributed by atoms with Crippen molar-refractivity contribution in [1.29, 1.82) is 5.26 Å². The van der Waals surface area contributed by atoms with Crippen LogP contribution < -0.4 is 10.2 Å². The van der Waals surface area contributed by atoms with Gasteiger partial charge in [0.1, 0.15) is 16.9 Å². The fourth-order valence-corrected chi connectivity index (χ4v) is 3.38. The van der Waals surface area contributed by atoms with E-state index in [-0.39, 0.29) is 25.4 Å². The Balaban J connectivity index is 1.76. The Morgan fingerprint density at radius 1 is 1.58 bits per heavy atom. The second-order valence-corrected chi connectivity index (χ2v) is 6.55. The van der Waals surface area contributed by atoms with Gasteiger partial charge in [0.25, 0.3) is 0 Å². The van der Waals surface area contributed by atoms with Crippen LogP contribution in [0.15, 0.2) is 23.6 Å². The number of halogens is 1. The second-order valence-electron chi connectivity index (χ2n) is 5.70. The summed E-state index contributed by atoms with van der Waals surface area (Å²) in [7, 11) is 0. The highest BCUT2D eigenvalue weighted by molar-refractivity contribution is 7.13. The maximum absolute atomic E-state index is 14.5. The number of thiazole rings is 1. The van der Waals surface area contributed by atoms with Gasteiger partial charge >= 0.3 is 6.09 Å². The van der Waals surface area contributed by atoms with Gasteiger partial charge in [0, 0.05) is 17.9 Å². The van der Waals surface area contributed by atoms with Gasteiger partial charge in [-0.3, -0.25) is 9.69 Å². The lowest BCUT2D eigenvalue weighted by Crippen LogP contribution is -2.33. The first-order chi connectivity index (χ1) is 12.5. The molecule has 2 aromatic rings. The van der Waals surface area contributed by atoms with Gasteiger partial charge in [-0.05, 0) is 18.2 Å². The van der Waals surface area contributed by atoms with Crippen molar-refractivity contribution in [3.05, 3.63) is 35.1 Å². The van der Waals surface area contributed by atoms with Gasteiger partial charge < -0.3 is 10.1 Å². The van der Waals surface area contributed by atoms with E-state index in [0.29, 0.717) is 22.0 Å². The zero-order chi connectivity index (χ0) is 18.7. The molecule has 0 spiro atoms. The lowest BCUT2D eigenvalue weighted by Gasteiger charge is -2.14. The Bertz CT molecular complexity index is 892. The summed E-state index contributed by atoms with van der Waals surface area (Å²) in [5.41, 5.74) is 1.28. The first-order valence-corrected chi connectivity index (χ1v) is 8.69. The molecule has 134 valence electrons. The van der Waals surface area contributed by atoms with E-state index in [1.807, 2.05) is 6.07 Å². The van der Waals surface area contributed by atoms with Crippen LogP contribution >= 0.6 is 11.3 Å². The fraction of sp³-hybridized carbons (Fsp3) is 0.294. The lowest BCUT2D eigenvalue weighted by molar-refractivity contribution is -0.119. The highest BCUT2D eigenvalue weighted by Crippen LogP contribution is 2.30. The highest BCUT2D eigenvalue weighted by Gasteiger charge is 2.32. The van der Waals surface area contributed by atoms with E-state index in [0.717, 1.165) is 0 Å². The standard InChI is InChI=1S/C17H15FN4O3S/c1-10(23)20-7-13-8-22(17(24)25-13)12-2-3-14(15(18)6-12)16-21-11(4-5-19)9-26-16/h2-3,6,9,13H,4,7-8H2,1H3,(H,20,23). The molecule has 1 saturated heterocycles. The molecule has 26 heavy (non-hydrogen) atoms. The quantitative estimate of drug-likeness (QED) is 0.867. The first kappa shape index (κ1) is 17.8. The van der Waals surface area contributed by atoms with Crippen LogP contribution in [0, 0.1) is 17.1 Å². The monoisotopic (exact) mass is 374 g/mol. The Kier molecular flexibility index (Phi) is 5.14. The Morgan fingerprint density at radius 3 is 3.08 bits per heavy atom. The lowest BCUT2D eigenvalue weighted by atomic mass is 10.2. The van der Waals surface area contributed by atoms with Gasteiger partial charge in [0.05, 0.1) is 37.0 Å². The minimum absolute atomic E-state index is 0.172. The summed E-state index contributed by atoms with van der Waals surface area (Å²) in [4.78, 5) is 28.5. The zero-order valence-electron chi connectivity index (χ0n) is 13.9. The summed E-state index contributed by atoms with van der Waals surface area (Å²) < 4.78 is 19.7. The number of carbonyl (C=O) groups excluding carboxylic acids is 2. The Labute approximate surface area is 153 Å². The molecule has 1 fully saturated rings.